The van der Waals surface area contributed by atoms with Crippen molar-refractivity contribution in [1.29, 1.82) is 0 Å². The lowest BCUT2D eigenvalue weighted by Crippen LogP contribution is -2.44. The minimum atomic E-state index is -0.371. The van der Waals surface area contributed by atoms with Gasteiger partial charge in [0.05, 0.1) is 6.04 Å². The molecule has 0 radical (unpaired) electrons. The van der Waals surface area contributed by atoms with E-state index >= 15 is 0 Å². The van der Waals surface area contributed by atoms with Gasteiger partial charge in [0.1, 0.15) is 0 Å². The number of carbonyl (C=O) groups is 1. The Morgan fingerprint density at radius 3 is 2.00 bits per heavy atom. The van der Waals surface area contributed by atoms with Crippen LogP contribution in [0.15, 0.2) is 0 Å². The molecule has 0 fully saturated rings. The van der Waals surface area contributed by atoms with E-state index in [9.17, 15) is 4.79 Å². The third-order valence-electron chi connectivity index (χ3n) is 2.72. The molecule has 0 aliphatic rings. The van der Waals surface area contributed by atoms with Crippen LogP contribution in [0.4, 0.5) is 0 Å². The summed E-state index contributed by atoms with van der Waals surface area (Å²) >= 11 is 0. The Morgan fingerprint density at radius 2 is 1.73 bits per heavy atom. The third kappa shape index (κ3) is 6.00. The number of halogens is 1. The van der Waals surface area contributed by atoms with Gasteiger partial charge in [-0.15, -0.1) is 12.4 Å². The van der Waals surface area contributed by atoms with Gasteiger partial charge in [-0.1, -0.05) is 26.7 Å². The van der Waals surface area contributed by atoms with Gasteiger partial charge in [0, 0.05) is 13.1 Å². The minimum absolute atomic E-state index is 0. The van der Waals surface area contributed by atoms with Crippen LogP contribution in [0, 0.1) is 5.92 Å². The van der Waals surface area contributed by atoms with E-state index in [1.165, 1.54) is 0 Å². The van der Waals surface area contributed by atoms with Crippen LogP contribution in [-0.4, -0.2) is 29.9 Å². The molecule has 0 aliphatic carbocycles. The quantitative estimate of drug-likeness (QED) is 0.767. The molecule has 0 heterocycles. The van der Waals surface area contributed by atoms with E-state index in [-0.39, 0.29) is 24.4 Å². The number of likely N-dealkylation sites (N-methyl/N-ethyl adjacent to an activating group) is 1. The zero-order valence-electron chi connectivity index (χ0n) is 10.3. The van der Waals surface area contributed by atoms with Crippen molar-refractivity contribution in [3.8, 4) is 0 Å². The first-order valence-corrected chi connectivity index (χ1v) is 5.61. The molecule has 1 atom stereocenters. The molecule has 0 saturated carbocycles. The molecule has 1 unspecified atom stereocenters. The van der Waals surface area contributed by atoms with Crippen molar-refractivity contribution in [3.05, 3.63) is 0 Å². The monoisotopic (exact) mass is 236 g/mol. The molecule has 0 spiro atoms. The van der Waals surface area contributed by atoms with Crippen molar-refractivity contribution in [3.63, 3.8) is 0 Å². The van der Waals surface area contributed by atoms with Gasteiger partial charge in [-0.05, 0) is 19.8 Å². The van der Waals surface area contributed by atoms with Crippen LogP contribution in [0.3, 0.4) is 0 Å². The van der Waals surface area contributed by atoms with Crippen LogP contribution in [0.1, 0.15) is 40.5 Å². The van der Waals surface area contributed by atoms with E-state index in [0.717, 1.165) is 25.9 Å². The summed E-state index contributed by atoms with van der Waals surface area (Å²) in [5, 5.41) is 0. The fourth-order valence-corrected chi connectivity index (χ4v) is 1.52. The number of rotatable bonds is 6. The van der Waals surface area contributed by atoms with Gasteiger partial charge >= 0.3 is 0 Å². The predicted octanol–water partition coefficient (Wildman–Crippen LogP) is 2.04. The summed E-state index contributed by atoms with van der Waals surface area (Å²) < 4.78 is 0. The highest BCUT2D eigenvalue weighted by molar-refractivity contribution is 5.85. The lowest BCUT2D eigenvalue weighted by molar-refractivity contribution is -0.132. The van der Waals surface area contributed by atoms with Gasteiger partial charge < -0.3 is 10.6 Å². The number of hydrogen-bond acceptors (Lipinski definition) is 2. The van der Waals surface area contributed by atoms with Crippen molar-refractivity contribution in [2.45, 2.75) is 46.6 Å². The van der Waals surface area contributed by atoms with E-state index < -0.39 is 0 Å². The minimum Gasteiger partial charge on any atom is -0.341 e. The summed E-state index contributed by atoms with van der Waals surface area (Å²) in [7, 11) is 0. The summed E-state index contributed by atoms with van der Waals surface area (Å²) in [6.45, 7) is 9.69. The maximum absolute atomic E-state index is 11.6. The molecule has 0 bridgehead atoms. The second-order valence-corrected chi connectivity index (χ2v) is 3.85. The van der Waals surface area contributed by atoms with Crippen LogP contribution >= 0.6 is 12.4 Å². The Kier molecular flexibility index (Phi) is 10.3. The third-order valence-corrected chi connectivity index (χ3v) is 2.72. The smallest absolute Gasteiger partial charge is 0.239 e. The molecule has 2 N–H and O–H groups in total. The molecule has 0 saturated heterocycles. The van der Waals surface area contributed by atoms with Crippen LogP contribution < -0.4 is 5.73 Å². The molecule has 3 nitrogen and oxygen atoms in total. The van der Waals surface area contributed by atoms with Crippen LogP contribution in [0.2, 0.25) is 0 Å². The Balaban J connectivity index is 0. The van der Waals surface area contributed by atoms with Crippen molar-refractivity contribution >= 4 is 18.3 Å². The van der Waals surface area contributed by atoms with E-state index in [1.807, 2.05) is 11.8 Å². The summed E-state index contributed by atoms with van der Waals surface area (Å²) in [6.07, 6.45) is 2.25. The first kappa shape index (κ1) is 17.1. The topological polar surface area (TPSA) is 46.3 Å². The van der Waals surface area contributed by atoms with Gasteiger partial charge in [-0.3, -0.25) is 4.79 Å². The molecule has 15 heavy (non-hydrogen) atoms. The van der Waals surface area contributed by atoms with Gasteiger partial charge in [0.25, 0.3) is 0 Å². The number of nitrogens with two attached hydrogens (primary N) is 1. The van der Waals surface area contributed by atoms with E-state index in [2.05, 4.69) is 13.8 Å². The first-order chi connectivity index (χ1) is 6.56. The molecule has 92 valence electrons. The number of nitrogens with zero attached hydrogens (tertiary/aromatic N) is 1. The molecular formula is C11H25ClN2O. The molecule has 0 aromatic heterocycles. The fraction of sp³-hybridized carbons (Fsp3) is 0.909. The Morgan fingerprint density at radius 1 is 1.27 bits per heavy atom. The van der Waals surface area contributed by atoms with E-state index in [0.29, 0.717) is 5.92 Å². The normalized spacial score (nSPS) is 12.1. The highest BCUT2D eigenvalue weighted by Gasteiger charge is 2.18. The highest BCUT2D eigenvalue weighted by atomic mass is 35.5. The lowest BCUT2D eigenvalue weighted by Gasteiger charge is -2.26. The van der Waals surface area contributed by atoms with Gasteiger partial charge in [0.15, 0.2) is 0 Å². The predicted molar refractivity (Wildman–Crippen MR) is 67.2 cm³/mol. The van der Waals surface area contributed by atoms with Gasteiger partial charge in [0.2, 0.25) is 5.91 Å². The summed E-state index contributed by atoms with van der Waals surface area (Å²) in [6, 6.07) is -0.371. The van der Waals surface area contributed by atoms with Gasteiger partial charge in [-0.25, -0.2) is 0 Å². The average molecular weight is 237 g/mol. The standard InChI is InChI=1S/C11H24N2O.ClH/c1-5-10(6-2)8-13(7-3)11(14)9(4)12;/h9-10H,5-8,12H2,1-4H3;1H. The second-order valence-electron chi connectivity index (χ2n) is 3.85. The number of hydrogen-bond donors (Lipinski definition) is 1. The molecule has 0 aromatic rings. The summed E-state index contributed by atoms with van der Waals surface area (Å²) in [4.78, 5) is 13.5. The van der Waals surface area contributed by atoms with E-state index in [1.54, 1.807) is 6.92 Å². The maximum Gasteiger partial charge on any atom is 0.239 e. The van der Waals surface area contributed by atoms with Crippen LogP contribution in [0.25, 0.3) is 0 Å². The Bertz CT molecular complexity index is 170. The molecule has 0 rings (SSSR count). The summed E-state index contributed by atoms with van der Waals surface area (Å²) in [5.74, 6) is 0.678. The summed E-state index contributed by atoms with van der Waals surface area (Å²) in [5.41, 5.74) is 5.58. The fourth-order valence-electron chi connectivity index (χ4n) is 1.52. The molecule has 0 aliphatic heterocycles. The van der Waals surface area contributed by atoms with Crippen LogP contribution in [0.5, 0.6) is 0 Å². The average Bonchev–Trinajstić information content (AvgIpc) is 2.19. The highest BCUT2D eigenvalue weighted by Crippen LogP contribution is 2.10. The zero-order valence-corrected chi connectivity index (χ0v) is 11.1. The number of amides is 1. The molecule has 1 amide bonds. The van der Waals surface area contributed by atoms with Gasteiger partial charge in [-0.2, -0.15) is 0 Å². The van der Waals surface area contributed by atoms with Crippen LogP contribution in [-0.2, 0) is 4.79 Å². The number of carbonyl (C=O) groups excluding carboxylic acids is 1. The molecular weight excluding hydrogens is 212 g/mol. The van der Waals surface area contributed by atoms with Crippen molar-refractivity contribution in [1.82, 2.24) is 4.90 Å². The zero-order chi connectivity index (χ0) is 11.1. The molecule has 4 heteroatoms. The Hall–Kier alpha value is -0.280. The molecule has 0 aromatic carbocycles. The second kappa shape index (κ2) is 8.98. The van der Waals surface area contributed by atoms with Crippen molar-refractivity contribution in [2.24, 2.45) is 11.7 Å². The van der Waals surface area contributed by atoms with E-state index in [4.69, 9.17) is 5.73 Å². The maximum atomic E-state index is 11.6. The van der Waals surface area contributed by atoms with Crippen molar-refractivity contribution < 1.29 is 4.79 Å². The lowest BCUT2D eigenvalue weighted by atomic mass is 10.0. The SMILES string of the molecule is CCC(CC)CN(CC)C(=O)C(C)N.Cl. The Labute approximate surface area is 99.8 Å². The largest absolute Gasteiger partial charge is 0.341 e. The van der Waals surface area contributed by atoms with Crippen molar-refractivity contribution in [2.75, 3.05) is 13.1 Å². The first-order valence-electron chi connectivity index (χ1n) is 5.61.